The number of hydrogen-bond acceptors (Lipinski definition) is 3. The highest BCUT2D eigenvalue weighted by Gasteiger charge is 2.00. The van der Waals surface area contributed by atoms with Gasteiger partial charge in [0.15, 0.2) is 5.96 Å². The quantitative estimate of drug-likeness (QED) is 0.241. The van der Waals surface area contributed by atoms with E-state index in [1.165, 1.54) is 0 Å². The molecule has 0 unspecified atom stereocenters. The normalized spacial score (nSPS) is 11.4. The van der Waals surface area contributed by atoms with Gasteiger partial charge in [0.25, 0.3) is 0 Å². The van der Waals surface area contributed by atoms with Gasteiger partial charge in [-0.05, 0) is 45.2 Å². The van der Waals surface area contributed by atoms with Crippen LogP contribution in [0, 0.1) is 0 Å². The lowest BCUT2D eigenvalue weighted by molar-refractivity contribution is 0.0762. The Balaban J connectivity index is 0.00000484. The number of nitrogens with zero attached hydrogens (tertiary/aromatic N) is 1. The summed E-state index contributed by atoms with van der Waals surface area (Å²) in [6.07, 6.45) is 6.09. The van der Waals surface area contributed by atoms with E-state index in [-0.39, 0.29) is 24.0 Å². The summed E-state index contributed by atoms with van der Waals surface area (Å²) in [6.45, 7) is 9.66. The van der Waals surface area contributed by atoms with Gasteiger partial charge in [0, 0.05) is 32.7 Å². The van der Waals surface area contributed by atoms with Crippen molar-refractivity contribution in [3.63, 3.8) is 0 Å². The van der Waals surface area contributed by atoms with Crippen molar-refractivity contribution < 1.29 is 9.15 Å². The van der Waals surface area contributed by atoms with Crippen molar-refractivity contribution in [2.45, 2.75) is 52.6 Å². The van der Waals surface area contributed by atoms with Crippen molar-refractivity contribution in [2.24, 2.45) is 4.99 Å². The van der Waals surface area contributed by atoms with Gasteiger partial charge in [-0.2, -0.15) is 0 Å². The molecule has 1 aromatic rings. The highest BCUT2D eigenvalue weighted by molar-refractivity contribution is 14.0. The molecule has 5 nitrogen and oxygen atoms in total. The smallest absolute Gasteiger partial charge is 0.191 e. The average molecular weight is 437 g/mol. The van der Waals surface area contributed by atoms with E-state index in [4.69, 9.17) is 9.15 Å². The van der Waals surface area contributed by atoms with Gasteiger partial charge in [-0.15, -0.1) is 24.0 Å². The van der Waals surface area contributed by atoms with Crippen LogP contribution >= 0.6 is 24.0 Å². The lowest BCUT2D eigenvalue weighted by Crippen LogP contribution is -2.39. The molecule has 0 bridgehead atoms. The Morgan fingerprint density at radius 1 is 1.26 bits per heavy atom. The Kier molecular flexibility index (Phi) is 14.3. The molecule has 134 valence electrons. The van der Waals surface area contributed by atoms with E-state index in [0.29, 0.717) is 6.10 Å². The summed E-state index contributed by atoms with van der Waals surface area (Å²) in [5.74, 6) is 1.88. The Morgan fingerprint density at radius 3 is 2.70 bits per heavy atom. The Hall–Kier alpha value is -0.760. The second-order valence-corrected chi connectivity index (χ2v) is 5.54. The molecule has 0 radical (unpaired) electrons. The van der Waals surface area contributed by atoms with E-state index < -0.39 is 0 Å². The zero-order valence-electron chi connectivity index (χ0n) is 14.6. The van der Waals surface area contributed by atoms with Crippen LogP contribution in [0.25, 0.3) is 0 Å². The van der Waals surface area contributed by atoms with Gasteiger partial charge in [-0.3, -0.25) is 4.99 Å². The first-order chi connectivity index (χ1) is 10.7. The lowest BCUT2D eigenvalue weighted by Gasteiger charge is -2.12. The van der Waals surface area contributed by atoms with Crippen LogP contribution in [0.4, 0.5) is 0 Å². The van der Waals surface area contributed by atoms with Gasteiger partial charge in [-0.1, -0.05) is 6.92 Å². The van der Waals surface area contributed by atoms with E-state index in [1.807, 2.05) is 12.1 Å². The fourth-order valence-corrected chi connectivity index (χ4v) is 1.91. The number of aliphatic imine (C=N–C) groups is 1. The van der Waals surface area contributed by atoms with E-state index in [9.17, 15) is 0 Å². The molecule has 6 heteroatoms. The van der Waals surface area contributed by atoms with Crippen LogP contribution in [0.5, 0.6) is 0 Å². The summed E-state index contributed by atoms with van der Waals surface area (Å²) < 4.78 is 10.9. The molecule has 0 aliphatic carbocycles. The summed E-state index contributed by atoms with van der Waals surface area (Å²) in [5.41, 5.74) is 0. The molecule has 0 aliphatic rings. The lowest BCUT2D eigenvalue weighted by atomic mass is 10.3. The van der Waals surface area contributed by atoms with Crippen LogP contribution < -0.4 is 10.6 Å². The predicted molar refractivity (Wildman–Crippen MR) is 107 cm³/mol. The molecule has 0 fully saturated rings. The summed E-state index contributed by atoms with van der Waals surface area (Å²) >= 11 is 0. The molecular formula is C17H32IN3O2. The van der Waals surface area contributed by atoms with Crippen LogP contribution in [-0.2, 0) is 11.2 Å². The van der Waals surface area contributed by atoms with E-state index in [0.717, 1.165) is 63.6 Å². The van der Waals surface area contributed by atoms with Crippen molar-refractivity contribution in [3.8, 4) is 0 Å². The Bertz CT molecular complexity index is 395. The van der Waals surface area contributed by atoms with Gasteiger partial charge in [0.1, 0.15) is 5.76 Å². The minimum atomic E-state index is 0. The molecular weight excluding hydrogens is 405 g/mol. The van der Waals surface area contributed by atoms with Crippen molar-refractivity contribution in [1.82, 2.24) is 10.6 Å². The van der Waals surface area contributed by atoms with Gasteiger partial charge in [0.2, 0.25) is 0 Å². The predicted octanol–water partition coefficient (Wildman–Crippen LogP) is 3.59. The molecule has 0 spiro atoms. The van der Waals surface area contributed by atoms with Crippen molar-refractivity contribution in [2.75, 3.05) is 26.2 Å². The highest BCUT2D eigenvalue weighted by atomic mass is 127. The maximum Gasteiger partial charge on any atom is 0.191 e. The number of nitrogens with one attached hydrogen (secondary N) is 2. The molecule has 0 amide bonds. The SMILES string of the molecule is CCCN=C(NCCCCOC(C)C)NCCc1ccco1.I. The first-order valence-corrected chi connectivity index (χ1v) is 8.38. The fourth-order valence-electron chi connectivity index (χ4n) is 1.91. The molecule has 2 N–H and O–H groups in total. The zero-order chi connectivity index (χ0) is 16.0. The first kappa shape index (κ1) is 22.2. The number of rotatable bonds is 11. The number of unbranched alkanes of at least 4 members (excludes halogenated alkanes) is 1. The minimum absolute atomic E-state index is 0. The molecule has 0 saturated carbocycles. The van der Waals surface area contributed by atoms with Crippen LogP contribution in [0.15, 0.2) is 27.8 Å². The molecule has 0 aromatic carbocycles. The van der Waals surface area contributed by atoms with Gasteiger partial charge >= 0.3 is 0 Å². The van der Waals surface area contributed by atoms with Gasteiger partial charge in [0.05, 0.1) is 12.4 Å². The molecule has 0 saturated heterocycles. The van der Waals surface area contributed by atoms with E-state index in [1.54, 1.807) is 6.26 Å². The monoisotopic (exact) mass is 437 g/mol. The molecule has 1 heterocycles. The van der Waals surface area contributed by atoms with Crippen LogP contribution in [-0.4, -0.2) is 38.3 Å². The Labute approximate surface area is 157 Å². The maximum absolute atomic E-state index is 5.54. The maximum atomic E-state index is 5.54. The topological polar surface area (TPSA) is 58.8 Å². The van der Waals surface area contributed by atoms with Crippen LogP contribution in [0.3, 0.4) is 0 Å². The average Bonchev–Trinajstić information content (AvgIpc) is 3.00. The largest absolute Gasteiger partial charge is 0.469 e. The molecule has 23 heavy (non-hydrogen) atoms. The number of halogens is 1. The third-order valence-electron chi connectivity index (χ3n) is 3.05. The van der Waals surface area contributed by atoms with Gasteiger partial charge in [-0.25, -0.2) is 0 Å². The second kappa shape index (κ2) is 14.8. The van der Waals surface area contributed by atoms with Crippen LogP contribution in [0.2, 0.25) is 0 Å². The molecule has 1 aromatic heterocycles. The Morgan fingerprint density at radius 2 is 2.04 bits per heavy atom. The standard InChI is InChI=1S/C17H31N3O2.HI/c1-4-10-18-17(19-11-5-6-13-21-15(2)3)20-12-9-16-8-7-14-22-16;/h7-8,14-15H,4-6,9-13H2,1-3H3,(H2,18,19,20);1H. The number of furan rings is 1. The minimum Gasteiger partial charge on any atom is -0.469 e. The number of hydrogen-bond donors (Lipinski definition) is 2. The molecule has 0 atom stereocenters. The van der Waals surface area contributed by atoms with E-state index >= 15 is 0 Å². The molecule has 1 rings (SSSR count). The summed E-state index contributed by atoms with van der Waals surface area (Å²) in [5, 5.41) is 6.73. The number of guanidine groups is 1. The zero-order valence-corrected chi connectivity index (χ0v) is 17.0. The first-order valence-electron chi connectivity index (χ1n) is 8.38. The fraction of sp³-hybridized carbons (Fsp3) is 0.706. The second-order valence-electron chi connectivity index (χ2n) is 5.54. The summed E-state index contributed by atoms with van der Waals surface area (Å²) in [6, 6.07) is 3.91. The highest BCUT2D eigenvalue weighted by Crippen LogP contribution is 1.99. The third kappa shape index (κ3) is 12.3. The summed E-state index contributed by atoms with van der Waals surface area (Å²) in [4.78, 5) is 4.54. The third-order valence-corrected chi connectivity index (χ3v) is 3.05. The van der Waals surface area contributed by atoms with Gasteiger partial charge < -0.3 is 19.8 Å². The van der Waals surface area contributed by atoms with Crippen molar-refractivity contribution in [3.05, 3.63) is 24.2 Å². The van der Waals surface area contributed by atoms with Crippen molar-refractivity contribution in [1.29, 1.82) is 0 Å². The van der Waals surface area contributed by atoms with Crippen LogP contribution in [0.1, 0.15) is 45.8 Å². The van der Waals surface area contributed by atoms with E-state index in [2.05, 4.69) is 36.4 Å². The van der Waals surface area contributed by atoms with Crippen molar-refractivity contribution >= 4 is 29.9 Å². The molecule has 0 aliphatic heterocycles. The number of ether oxygens (including phenoxy) is 1. The summed E-state index contributed by atoms with van der Waals surface area (Å²) in [7, 11) is 0.